The molecule has 2 aromatic carbocycles. The highest BCUT2D eigenvalue weighted by Gasteiger charge is 2.36. The van der Waals surface area contributed by atoms with Gasteiger partial charge in [-0.3, -0.25) is 14.7 Å². The van der Waals surface area contributed by atoms with Crippen LogP contribution in [0.2, 0.25) is 0 Å². The van der Waals surface area contributed by atoms with E-state index in [1.165, 1.54) is 41.3 Å². The summed E-state index contributed by atoms with van der Waals surface area (Å²) in [6.45, 7) is 4.90. The number of ether oxygens (including phenoxy) is 1. The van der Waals surface area contributed by atoms with Gasteiger partial charge in [0, 0.05) is 6.04 Å². The average Bonchev–Trinajstić information content (AvgIpc) is 3.07. The van der Waals surface area contributed by atoms with E-state index in [4.69, 9.17) is 9.73 Å². The zero-order valence-corrected chi connectivity index (χ0v) is 19.0. The van der Waals surface area contributed by atoms with E-state index in [0.717, 1.165) is 59.4 Å². The van der Waals surface area contributed by atoms with Crippen molar-refractivity contribution in [1.82, 2.24) is 0 Å². The van der Waals surface area contributed by atoms with Crippen LogP contribution in [0, 0.1) is 0 Å². The predicted molar refractivity (Wildman–Crippen MR) is 129 cm³/mol. The second kappa shape index (κ2) is 8.54. The molecule has 0 saturated carbocycles. The van der Waals surface area contributed by atoms with E-state index in [2.05, 4.69) is 38.1 Å². The number of amidine groups is 1. The lowest BCUT2D eigenvalue weighted by Gasteiger charge is -2.24. The molecule has 0 radical (unpaired) electrons. The Labute approximate surface area is 188 Å². The Balaban J connectivity index is 1.54. The minimum absolute atomic E-state index is 0.0253. The number of anilines is 1. The number of fused-ring (bicyclic) bond motifs is 2. The topological polar surface area (TPSA) is 41.9 Å². The Bertz CT molecular complexity index is 1090. The third kappa shape index (κ3) is 4.03. The van der Waals surface area contributed by atoms with Gasteiger partial charge in [-0.15, -0.1) is 0 Å². The van der Waals surface area contributed by atoms with Crippen LogP contribution in [0.1, 0.15) is 55.4 Å². The fourth-order valence-corrected chi connectivity index (χ4v) is 5.69. The molecule has 1 amide bonds. The summed E-state index contributed by atoms with van der Waals surface area (Å²) in [6.07, 6.45) is 8.59. The summed E-state index contributed by atoms with van der Waals surface area (Å²) in [6, 6.07) is 12.7. The maximum absolute atomic E-state index is 13.6. The second-order valence-corrected chi connectivity index (χ2v) is 9.71. The van der Waals surface area contributed by atoms with Crippen molar-refractivity contribution in [2.75, 3.05) is 11.5 Å². The smallest absolute Gasteiger partial charge is 0.271 e. The highest BCUT2D eigenvalue weighted by atomic mass is 32.2. The summed E-state index contributed by atoms with van der Waals surface area (Å²) < 4.78 is 5.74. The third-order valence-electron chi connectivity index (χ3n) is 6.02. The third-order valence-corrected chi connectivity index (χ3v) is 7.00. The molecule has 0 unspecified atom stereocenters. The Morgan fingerprint density at radius 1 is 1.06 bits per heavy atom. The molecule has 3 aliphatic rings. The van der Waals surface area contributed by atoms with Gasteiger partial charge in [0.15, 0.2) is 5.17 Å². The molecule has 0 aromatic heterocycles. The average molecular weight is 433 g/mol. The quantitative estimate of drug-likeness (QED) is 0.578. The molecule has 2 heterocycles. The highest BCUT2D eigenvalue weighted by molar-refractivity contribution is 8.19. The minimum atomic E-state index is 0.0253. The van der Waals surface area contributed by atoms with Crippen LogP contribution >= 0.6 is 11.8 Å². The van der Waals surface area contributed by atoms with Crippen LogP contribution in [0.15, 0.2) is 46.3 Å². The van der Waals surface area contributed by atoms with Gasteiger partial charge in [-0.25, -0.2) is 0 Å². The summed E-state index contributed by atoms with van der Waals surface area (Å²) in [5, 5.41) is 0.784. The van der Waals surface area contributed by atoms with Crippen LogP contribution in [0.25, 0.3) is 6.08 Å². The first-order chi connectivity index (χ1) is 15.1. The summed E-state index contributed by atoms with van der Waals surface area (Å²) in [4.78, 5) is 21.0. The van der Waals surface area contributed by atoms with Gasteiger partial charge in [-0.2, -0.15) is 0 Å². The van der Waals surface area contributed by atoms with Crippen LogP contribution in [0.5, 0.6) is 5.75 Å². The Hall–Kier alpha value is -2.53. The number of carbonyl (C=O) groups is 1. The van der Waals surface area contributed by atoms with Gasteiger partial charge in [0.1, 0.15) is 5.75 Å². The van der Waals surface area contributed by atoms with Gasteiger partial charge < -0.3 is 4.74 Å². The first kappa shape index (κ1) is 20.4. The van der Waals surface area contributed by atoms with E-state index in [0.29, 0.717) is 0 Å². The van der Waals surface area contributed by atoms with E-state index in [9.17, 15) is 4.79 Å². The van der Waals surface area contributed by atoms with Crippen molar-refractivity contribution < 1.29 is 9.53 Å². The van der Waals surface area contributed by atoms with Gasteiger partial charge in [-0.1, -0.05) is 18.2 Å². The molecule has 1 saturated heterocycles. The molecule has 4 nitrogen and oxygen atoms in total. The molecule has 2 aromatic rings. The summed E-state index contributed by atoms with van der Waals surface area (Å²) >= 11 is 1.49. The van der Waals surface area contributed by atoms with Crippen molar-refractivity contribution in [3.63, 3.8) is 0 Å². The van der Waals surface area contributed by atoms with E-state index in [1.807, 2.05) is 23.1 Å². The molecule has 5 heteroatoms. The van der Waals surface area contributed by atoms with E-state index in [-0.39, 0.29) is 11.9 Å². The zero-order chi connectivity index (χ0) is 21.4. The van der Waals surface area contributed by atoms with Crippen LogP contribution in [0.3, 0.4) is 0 Å². The summed E-state index contributed by atoms with van der Waals surface area (Å²) in [7, 11) is 0. The molecular weight excluding hydrogens is 404 g/mol. The molecule has 0 spiro atoms. The van der Waals surface area contributed by atoms with Crippen molar-refractivity contribution in [2.24, 2.45) is 4.99 Å². The first-order valence-electron chi connectivity index (χ1n) is 11.3. The Kier molecular flexibility index (Phi) is 5.61. The molecule has 160 valence electrons. The van der Waals surface area contributed by atoms with Gasteiger partial charge >= 0.3 is 0 Å². The lowest BCUT2D eigenvalue weighted by atomic mass is 9.90. The maximum Gasteiger partial charge on any atom is 0.271 e. The SMILES string of the molecule is CC(C)N=C1S/C(=C\c2ccc3c(c2)CCCO3)C(=O)N1c1cccc2c1CCCC2. The molecule has 1 aliphatic carbocycles. The molecule has 5 rings (SSSR count). The number of aliphatic imine (C=N–C) groups is 1. The lowest BCUT2D eigenvalue weighted by Crippen LogP contribution is -2.31. The van der Waals surface area contributed by atoms with Crippen molar-refractivity contribution >= 4 is 34.6 Å². The van der Waals surface area contributed by atoms with Crippen molar-refractivity contribution in [2.45, 2.75) is 58.4 Å². The molecule has 2 aliphatic heterocycles. The van der Waals surface area contributed by atoms with E-state index in [1.54, 1.807) is 0 Å². The number of amides is 1. The number of benzene rings is 2. The monoisotopic (exact) mass is 432 g/mol. The van der Waals surface area contributed by atoms with Crippen LogP contribution in [-0.4, -0.2) is 23.7 Å². The number of carbonyl (C=O) groups excluding carboxylic acids is 1. The molecule has 0 atom stereocenters. The highest BCUT2D eigenvalue weighted by Crippen LogP contribution is 2.40. The maximum atomic E-state index is 13.6. The fraction of sp³-hybridized carbons (Fsp3) is 0.385. The molecular formula is C26H28N2O2S. The van der Waals surface area contributed by atoms with E-state index < -0.39 is 0 Å². The van der Waals surface area contributed by atoms with E-state index >= 15 is 0 Å². The minimum Gasteiger partial charge on any atom is -0.493 e. The molecule has 31 heavy (non-hydrogen) atoms. The van der Waals surface area contributed by atoms with Gasteiger partial charge in [0.25, 0.3) is 5.91 Å². The predicted octanol–water partition coefficient (Wildman–Crippen LogP) is 5.78. The zero-order valence-electron chi connectivity index (χ0n) is 18.2. The second-order valence-electron chi connectivity index (χ2n) is 8.70. The van der Waals surface area contributed by atoms with Gasteiger partial charge in [0.2, 0.25) is 0 Å². The Morgan fingerprint density at radius 2 is 1.90 bits per heavy atom. The number of rotatable bonds is 3. The number of thioether (sulfide) groups is 1. The van der Waals surface area contributed by atoms with Gasteiger partial charge in [0.05, 0.1) is 17.2 Å². The van der Waals surface area contributed by atoms with Gasteiger partial charge in [-0.05, 0) is 111 Å². The standard InChI is InChI=1S/C26H28N2O2S/c1-17(2)27-26-28(22-11-5-8-19-7-3-4-10-21(19)22)25(29)24(31-26)16-18-12-13-23-20(15-18)9-6-14-30-23/h5,8,11-13,15-17H,3-4,6-7,9-10,14H2,1-2H3/b24-16-,27-26?. The molecule has 1 fully saturated rings. The number of hydrogen-bond acceptors (Lipinski definition) is 4. The van der Waals surface area contributed by atoms with Crippen molar-refractivity contribution in [3.8, 4) is 5.75 Å². The normalized spacial score (nSPS) is 20.9. The number of nitrogens with zero attached hydrogens (tertiary/aromatic N) is 2. The summed E-state index contributed by atoms with van der Waals surface area (Å²) in [5.41, 5.74) is 5.96. The largest absolute Gasteiger partial charge is 0.493 e. The summed E-state index contributed by atoms with van der Waals surface area (Å²) in [5.74, 6) is 0.996. The van der Waals surface area contributed by atoms with Crippen molar-refractivity contribution in [1.29, 1.82) is 0 Å². The van der Waals surface area contributed by atoms with Crippen LogP contribution in [-0.2, 0) is 24.1 Å². The fourth-order valence-electron chi connectivity index (χ4n) is 4.59. The van der Waals surface area contributed by atoms with Crippen LogP contribution in [0.4, 0.5) is 5.69 Å². The lowest BCUT2D eigenvalue weighted by molar-refractivity contribution is -0.113. The Morgan fingerprint density at radius 3 is 2.77 bits per heavy atom. The van der Waals surface area contributed by atoms with Crippen LogP contribution < -0.4 is 9.64 Å². The van der Waals surface area contributed by atoms with Crippen molar-refractivity contribution in [3.05, 3.63) is 63.6 Å². The number of aryl methyl sites for hydroxylation is 2. The molecule has 0 N–H and O–H groups in total. The first-order valence-corrected chi connectivity index (χ1v) is 12.1. The number of hydrogen-bond donors (Lipinski definition) is 0. The molecule has 0 bridgehead atoms.